The van der Waals surface area contributed by atoms with E-state index >= 15 is 0 Å². The Morgan fingerprint density at radius 3 is 1.98 bits per heavy atom. The molecule has 0 fully saturated rings. The molecule has 11 nitrogen and oxygen atoms in total. The second-order valence-corrected chi connectivity index (χ2v) is 11.5. The van der Waals surface area contributed by atoms with Crippen molar-refractivity contribution in [2.24, 2.45) is 0 Å². The van der Waals surface area contributed by atoms with E-state index in [1.165, 1.54) is 14.2 Å². The van der Waals surface area contributed by atoms with Crippen molar-refractivity contribution in [3.63, 3.8) is 0 Å². The van der Waals surface area contributed by atoms with E-state index in [0.29, 0.717) is 41.2 Å². The van der Waals surface area contributed by atoms with Crippen LogP contribution in [0.2, 0.25) is 0 Å². The molecule has 1 aromatic carbocycles. The summed E-state index contributed by atoms with van der Waals surface area (Å²) < 4.78 is 11.9. The number of carbonyl (C=O) groups is 3. The number of esters is 2. The average Bonchev–Trinajstić information content (AvgIpc) is 3.97. The third kappa shape index (κ3) is 6.21. The van der Waals surface area contributed by atoms with Crippen LogP contribution in [0.5, 0.6) is 0 Å². The summed E-state index contributed by atoms with van der Waals surface area (Å²) in [6, 6.07) is 15.2. The van der Waals surface area contributed by atoms with Gasteiger partial charge in [-0.2, -0.15) is 0 Å². The Morgan fingerprint density at radius 2 is 1.35 bits per heavy atom. The lowest BCUT2D eigenvalue weighted by molar-refractivity contribution is -0.141. The van der Waals surface area contributed by atoms with Gasteiger partial charge in [-0.05, 0) is 73.0 Å². The van der Waals surface area contributed by atoms with Crippen LogP contribution in [0.1, 0.15) is 57.1 Å². The Morgan fingerprint density at radius 1 is 0.755 bits per heavy atom. The number of fused-ring (bicyclic) bond motifs is 8. The Labute approximate surface area is 281 Å². The first-order chi connectivity index (χ1) is 23.9. The molecule has 5 aromatic rings. The SMILES string of the molecule is COC(=O)CCc1c2nc(c(-n3ccnc3)c3ccc([nH]3)c(CCC(=O)OC)c3nc(c(-c4cccc(C=O)c4)c4ccc1[nH]4)C=C3)C=C2. The van der Waals surface area contributed by atoms with Crippen molar-refractivity contribution in [2.75, 3.05) is 14.2 Å². The number of hydrogen-bond acceptors (Lipinski definition) is 8. The quantitative estimate of drug-likeness (QED) is 0.132. The Balaban J connectivity index is 1.61. The highest BCUT2D eigenvalue weighted by Crippen LogP contribution is 2.33. The van der Waals surface area contributed by atoms with E-state index in [4.69, 9.17) is 19.4 Å². The van der Waals surface area contributed by atoms with Gasteiger partial charge in [0.15, 0.2) is 0 Å². The molecule has 8 bridgehead atoms. The minimum atomic E-state index is -0.325. The largest absolute Gasteiger partial charge is 0.469 e. The first kappa shape index (κ1) is 31.3. The summed E-state index contributed by atoms with van der Waals surface area (Å²) in [6.07, 6.45) is 14.9. The highest BCUT2D eigenvalue weighted by atomic mass is 16.5. The van der Waals surface area contributed by atoms with Gasteiger partial charge in [0, 0.05) is 64.0 Å². The fraction of sp³-hybridized carbons (Fsp3) is 0.158. The molecular weight excluding hydrogens is 620 g/mol. The van der Waals surface area contributed by atoms with E-state index in [1.807, 2.05) is 77.5 Å². The maximum atomic E-state index is 12.3. The second-order valence-electron chi connectivity index (χ2n) is 11.5. The number of nitrogens with one attached hydrogen (secondary N) is 2. The maximum Gasteiger partial charge on any atom is 0.305 e. The first-order valence-corrected chi connectivity index (χ1v) is 15.8. The number of ether oxygens (including phenoxy) is 2. The minimum absolute atomic E-state index is 0.163. The number of benzene rings is 1. The summed E-state index contributed by atoms with van der Waals surface area (Å²) >= 11 is 0. The van der Waals surface area contributed by atoms with Gasteiger partial charge in [0.05, 0.1) is 54.5 Å². The summed E-state index contributed by atoms with van der Waals surface area (Å²) in [5, 5.41) is 0. The van der Waals surface area contributed by atoms with Gasteiger partial charge in [0.1, 0.15) is 6.29 Å². The van der Waals surface area contributed by atoms with Gasteiger partial charge in [-0.1, -0.05) is 18.2 Å². The lowest BCUT2D eigenvalue weighted by Gasteiger charge is -2.07. The number of carbonyl (C=O) groups excluding carboxylic acids is 3. The van der Waals surface area contributed by atoms with Crippen molar-refractivity contribution in [1.82, 2.24) is 29.5 Å². The fourth-order valence-electron chi connectivity index (χ4n) is 6.23. The van der Waals surface area contributed by atoms with Crippen molar-refractivity contribution in [3.8, 4) is 16.8 Å². The zero-order chi connectivity index (χ0) is 33.9. The Bertz CT molecular complexity index is 2310. The number of nitrogens with zero attached hydrogens (tertiary/aromatic N) is 4. The topological polar surface area (TPSA) is 145 Å². The standard InChI is InChI=1S/C38H32N6O5/c1-48-35(46)16-6-25-27-8-12-31(40-27)37(24-5-3-4-23(20-24)21-45)32-13-9-28(41-32)26(7-17-36(47)49-2)30-11-15-34(43-30)38(44-19-18-39-22-44)33-14-10-29(25)42-33/h3-5,8-15,18-22,40,43H,6-7,16-17H2,1-2H3. The Hall–Kier alpha value is -6.36. The third-order valence-electron chi connectivity index (χ3n) is 8.63. The van der Waals surface area contributed by atoms with E-state index in [0.717, 1.165) is 56.3 Å². The number of methoxy groups -OCH3 is 2. The smallest absolute Gasteiger partial charge is 0.305 e. The zero-order valence-electron chi connectivity index (χ0n) is 26.9. The number of hydrogen-bond donors (Lipinski definition) is 2. The summed E-state index contributed by atoms with van der Waals surface area (Å²) in [6.45, 7) is 0. The van der Waals surface area contributed by atoms with E-state index in [1.54, 1.807) is 18.6 Å². The first-order valence-electron chi connectivity index (χ1n) is 15.8. The molecule has 2 N–H and O–H groups in total. The molecule has 49 heavy (non-hydrogen) atoms. The number of aryl methyl sites for hydroxylation is 2. The summed E-state index contributed by atoms with van der Waals surface area (Å²) in [7, 11) is 2.76. The molecule has 2 aliphatic heterocycles. The van der Waals surface area contributed by atoms with Crippen molar-refractivity contribution >= 4 is 64.6 Å². The number of aromatic nitrogens is 6. The monoisotopic (exact) mass is 652 g/mol. The normalized spacial score (nSPS) is 11.9. The second kappa shape index (κ2) is 13.4. The lowest BCUT2D eigenvalue weighted by Crippen LogP contribution is -2.03. The highest BCUT2D eigenvalue weighted by Gasteiger charge is 2.19. The molecule has 0 saturated heterocycles. The molecule has 0 aliphatic carbocycles. The molecule has 0 radical (unpaired) electrons. The average molecular weight is 653 g/mol. The van der Waals surface area contributed by atoms with E-state index in [-0.39, 0.29) is 24.8 Å². The van der Waals surface area contributed by atoms with E-state index in [9.17, 15) is 14.4 Å². The maximum absolute atomic E-state index is 12.3. The number of imidazole rings is 1. The highest BCUT2D eigenvalue weighted by molar-refractivity contribution is 5.93. The number of aldehydes is 1. The summed E-state index contributed by atoms with van der Waals surface area (Å²) in [4.78, 5) is 58.1. The molecule has 0 unspecified atom stereocenters. The fourth-order valence-corrected chi connectivity index (χ4v) is 6.23. The van der Waals surface area contributed by atoms with Gasteiger partial charge in [0.25, 0.3) is 0 Å². The molecule has 0 saturated carbocycles. The molecule has 244 valence electrons. The van der Waals surface area contributed by atoms with E-state index < -0.39 is 0 Å². The van der Waals surface area contributed by atoms with Gasteiger partial charge in [0.2, 0.25) is 0 Å². The van der Waals surface area contributed by atoms with Crippen LogP contribution in [0.3, 0.4) is 0 Å². The molecule has 0 spiro atoms. The van der Waals surface area contributed by atoms with Crippen molar-refractivity contribution in [1.29, 1.82) is 0 Å². The van der Waals surface area contributed by atoms with E-state index in [2.05, 4.69) is 15.0 Å². The van der Waals surface area contributed by atoms with Crippen LogP contribution in [0, 0.1) is 0 Å². The van der Waals surface area contributed by atoms with Gasteiger partial charge in [-0.25, -0.2) is 15.0 Å². The van der Waals surface area contributed by atoms with Crippen molar-refractivity contribution in [3.05, 3.63) is 107 Å². The Kier molecular flexibility index (Phi) is 8.55. The van der Waals surface area contributed by atoms with Gasteiger partial charge >= 0.3 is 11.9 Å². The number of H-pyrrole nitrogens is 2. The molecule has 7 rings (SSSR count). The van der Waals surface area contributed by atoms with Gasteiger partial charge in [-0.15, -0.1) is 0 Å². The molecular formula is C38H32N6O5. The van der Waals surface area contributed by atoms with Crippen molar-refractivity contribution in [2.45, 2.75) is 25.7 Å². The molecule has 0 amide bonds. The predicted octanol–water partition coefficient (Wildman–Crippen LogP) is 6.53. The summed E-state index contributed by atoms with van der Waals surface area (Å²) in [5.74, 6) is -0.651. The molecule has 2 aliphatic rings. The van der Waals surface area contributed by atoms with Gasteiger partial charge < -0.3 is 24.0 Å². The summed E-state index contributed by atoms with van der Waals surface area (Å²) in [5.41, 5.74) is 10.4. The minimum Gasteiger partial charge on any atom is -0.469 e. The van der Waals surface area contributed by atoms with Crippen LogP contribution in [-0.2, 0) is 31.9 Å². The van der Waals surface area contributed by atoms with Crippen LogP contribution in [-0.4, -0.2) is 61.9 Å². The number of rotatable bonds is 9. The van der Waals surface area contributed by atoms with Gasteiger partial charge in [-0.3, -0.25) is 14.4 Å². The zero-order valence-corrected chi connectivity index (χ0v) is 26.9. The van der Waals surface area contributed by atoms with Crippen LogP contribution >= 0.6 is 0 Å². The molecule has 0 atom stereocenters. The van der Waals surface area contributed by atoms with Crippen LogP contribution in [0.15, 0.2) is 67.3 Å². The lowest BCUT2D eigenvalue weighted by atomic mass is 10.0. The van der Waals surface area contributed by atoms with Crippen molar-refractivity contribution < 1.29 is 23.9 Å². The molecule has 4 aromatic heterocycles. The van der Waals surface area contributed by atoms with Crippen LogP contribution < -0.4 is 0 Å². The van der Waals surface area contributed by atoms with Crippen LogP contribution in [0.4, 0.5) is 0 Å². The molecule has 6 heterocycles. The molecule has 11 heteroatoms. The third-order valence-corrected chi connectivity index (χ3v) is 8.63. The predicted molar refractivity (Wildman–Crippen MR) is 187 cm³/mol. The van der Waals surface area contributed by atoms with Crippen LogP contribution in [0.25, 0.3) is 63.2 Å². The number of aromatic amines is 2.